The SMILES string of the molecule is CC(CN/C=C\C=N)C(=O)N(C)/C(=C/Nc1cccnc1)C(=N)Cl. The van der Waals surface area contributed by atoms with Gasteiger partial charge in [0.05, 0.1) is 23.5 Å². The van der Waals surface area contributed by atoms with Gasteiger partial charge in [-0.1, -0.05) is 18.5 Å². The molecule has 4 N–H and O–H groups in total. The molecule has 24 heavy (non-hydrogen) atoms. The van der Waals surface area contributed by atoms with Crippen molar-refractivity contribution in [2.45, 2.75) is 6.92 Å². The van der Waals surface area contributed by atoms with E-state index in [-0.39, 0.29) is 22.7 Å². The summed E-state index contributed by atoms with van der Waals surface area (Å²) in [6, 6.07) is 3.58. The molecule has 1 amide bonds. The Morgan fingerprint density at radius 1 is 1.54 bits per heavy atom. The number of anilines is 1. The number of nitrogens with one attached hydrogen (secondary N) is 4. The van der Waals surface area contributed by atoms with E-state index >= 15 is 0 Å². The minimum Gasteiger partial charge on any atom is -0.390 e. The lowest BCUT2D eigenvalue weighted by Crippen LogP contribution is -2.36. The molecule has 1 aromatic heterocycles. The fourth-order valence-electron chi connectivity index (χ4n) is 1.80. The van der Waals surface area contributed by atoms with Crippen LogP contribution in [0.5, 0.6) is 0 Å². The number of allylic oxidation sites excluding steroid dienone is 2. The molecule has 0 bridgehead atoms. The molecule has 0 aliphatic heterocycles. The van der Waals surface area contributed by atoms with Gasteiger partial charge in [0, 0.05) is 32.2 Å². The number of carbonyl (C=O) groups excluding carboxylic acids is 1. The maximum Gasteiger partial charge on any atom is 0.231 e. The van der Waals surface area contributed by atoms with E-state index in [0.717, 1.165) is 11.9 Å². The van der Waals surface area contributed by atoms with Gasteiger partial charge in [0.15, 0.2) is 0 Å². The van der Waals surface area contributed by atoms with Gasteiger partial charge in [-0.25, -0.2) is 0 Å². The Kier molecular flexibility index (Phi) is 8.21. The van der Waals surface area contributed by atoms with Crippen molar-refractivity contribution in [1.82, 2.24) is 15.2 Å². The molecule has 0 aromatic carbocycles. The standard InChI is InChI=1S/C16H21ClN6O/c1-12(9-20-8-4-6-18)16(24)23(2)14(15(17)19)11-22-13-5-3-7-21-10-13/h3-8,10-12,18-20,22H,9H2,1-2H3/b8-4-,14-11+,18-6?,19-15?. The summed E-state index contributed by atoms with van der Waals surface area (Å²) in [4.78, 5) is 17.8. The molecule has 0 aliphatic rings. The Hall–Kier alpha value is -2.67. The third kappa shape index (κ3) is 6.21. The highest BCUT2D eigenvalue weighted by Crippen LogP contribution is 2.12. The second-order valence-corrected chi connectivity index (χ2v) is 5.34. The van der Waals surface area contributed by atoms with Crippen molar-refractivity contribution in [1.29, 1.82) is 10.8 Å². The normalized spacial score (nSPS) is 12.5. The highest BCUT2D eigenvalue weighted by Gasteiger charge is 2.21. The predicted molar refractivity (Wildman–Crippen MR) is 97.4 cm³/mol. The Labute approximate surface area is 146 Å². The van der Waals surface area contributed by atoms with E-state index in [1.54, 1.807) is 38.6 Å². The van der Waals surface area contributed by atoms with E-state index in [2.05, 4.69) is 15.6 Å². The predicted octanol–water partition coefficient (Wildman–Crippen LogP) is 2.40. The van der Waals surface area contributed by atoms with E-state index in [4.69, 9.17) is 22.4 Å². The Bertz CT molecular complexity index is 629. The zero-order valence-electron chi connectivity index (χ0n) is 13.6. The van der Waals surface area contributed by atoms with Crippen LogP contribution in [-0.4, -0.2) is 40.8 Å². The van der Waals surface area contributed by atoms with Gasteiger partial charge in [-0.15, -0.1) is 0 Å². The van der Waals surface area contributed by atoms with Crippen LogP contribution in [0.3, 0.4) is 0 Å². The quantitative estimate of drug-likeness (QED) is 0.514. The van der Waals surface area contributed by atoms with Crippen LogP contribution in [-0.2, 0) is 4.79 Å². The van der Waals surface area contributed by atoms with Crippen molar-refractivity contribution in [2.24, 2.45) is 5.92 Å². The zero-order chi connectivity index (χ0) is 17.9. The first kappa shape index (κ1) is 19.4. The van der Waals surface area contributed by atoms with Gasteiger partial charge >= 0.3 is 0 Å². The molecule has 1 atom stereocenters. The van der Waals surface area contributed by atoms with Crippen LogP contribution in [0.15, 0.2) is 48.7 Å². The van der Waals surface area contributed by atoms with Crippen molar-refractivity contribution >= 4 is 34.6 Å². The summed E-state index contributed by atoms with van der Waals surface area (Å²) >= 11 is 5.81. The van der Waals surface area contributed by atoms with Crippen molar-refractivity contribution < 1.29 is 4.79 Å². The minimum absolute atomic E-state index is 0.185. The minimum atomic E-state index is -0.330. The van der Waals surface area contributed by atoms with Gasteiger partial charge in [-0.05, 0) is 24.4 Å². The van der Waals surface area contributed by atoms with Crippen LogP contribution in [0.4, 0.5) is 5.69 Å². The number of pyridine rings is 1. The number of halogens is 1. The summed E-state index contributed by atoms with van der Waals surface area (Å²) in [5, 5.41) is 20.2. The van der Waals surface area contributed by atoms with Gasteiger partial charge in [-0.3, -0.25) is 15.2 Å². The summed E-state index contributed by atoms with van der Waals surface area (Å²) < 4.78 is 0. The molecule has 1 aromatic rings. The lowest BCUT2D eigenvalue weighted by molar-refractivity contribution is -0.131. The Balaban J connectivity index is 2.76. The van der Waals surface area contributed by atoms with Crippen LogP contribution >= 0.6 is 11.6 Å². The summed E-state index contributed by atoms with van der Waals surface area (Å²) in [6.45, 7) is 2.18. The van der Waals surface area contributed by atoms with Crippen LogP contribution in [0.25, 0.3) is 0 Å². The number of nitrogens with zero attached hydrogens (tertiary/aromatic N) is 2. The molecule has 0 spiro atoms. The molecule has 8 heteroatoms. The average Bonchev–Trinajstić information content (AvgIpc) is 2.58. The van der Waals surface area contributed by atoms with Gasteiger partial charge in [-0.2, -0.15) is 0 Å². The maximum atomic E-state index is 12.4. The molecule has 0 aliphatic carbocycles. The number of carbonyl (C=O) groups is 1. The molecule has 0 fully saturated rings. The van der Waals surface area contributed by atoms with Crippen LogP contribution in [0.1, 0.15) is 6.92 Å². The summed E-state index contributed by atoms with van der Waals surface area (Å²) in [5.74, 6) is -0.515. The molecule has 0 saturated heterocycles. The topological polar surface area (TPSA) is 105 Å². The molecule has 0 radical (unpaired) electrons. The van der Waals surface area contributed by atoms with Crippen molar-refractivity contribution in [3.8, 4) is 0 Å². The number of rotatable bonds is 9. The lowest BCUT2D eigenvalue weighted by atomic mass is 10.1. The summed E-state index contributed by atoms with van der Waals surface area (Å²) in [6.07, 6.45) is 9.04. The molecule has 1 rings (SSSR count). The third-order valence-electron chi connectivity index (χ3n) is 3.11. The fourth-order valence-corrected chi connectivity index (χ4v) is 1.99. The molecule has 128 valence electrons. The Morgan fingerprint density at radius 2 is 2.29 bits per heavy atom. The van der Waals surface area contributed by atoms with Crippen molar-refractivity contribution in [3.05, 3.63) is 48.7 Å². The monoisotopic (exact) mass is 348 g/mol. The van der Waals surface area contributed by atoms with Gasteiger partial charge in [0.25, 0.3) is 0 Å². The molecular weight excluding hydrogens is 328 g/mol. The smallest absolute Gasteiger partial charge is 0.231 e. The highest BCUT2D eigenvalue weighted by molar-refractivity contribution is 6.68. The van der Waals surface area contributed by atoms with Crippen LogP contribution < -0.4 is 10.6 Å². The largest absolute Gasteiger partial charge is 0.390 e. The number of hydrogen-bond donors (Lipinski definition) is 4. The van der Waals surface area contributed by atoms with Crippen molar-refractivity contribution in [3.63, 3.8) is 0 Å². The van der Waals surface area contributed by atoms with E-state index in [1.165, 1.54) is 17.2 Å². The van der Waals surface area contributed by atoms with Crippen LogP contribution in [0, 0.1) is 16.7 Å². The van der Waals surface area contributed by atoms with Gasteiger partial charge in [0.1, 0.15) is 5.17 Å². The first-order chi connectivity index (χ1) is 11.5. The summed E-state index contributed by atoms with van der Waals surface area (Å²) in [7, 11) is 1.57. The number of aromatic nitrogens is 1. The third-order valence-corrected chi connectivity index (χ3v) is 3.30. The Morgan fingerprint density at radius 3 is 2.88 bits per heavy atom. The lowest BCUT2D eigenvalue weighted by Gasteiger charge is -2.23. The molecular formula is C16H21ClN6O. The van der Waals surface area contributed by atoms with E-state index in [9.17, 15) is 4.79 Å². The molecule has 7 nitrogen and oxygen atoms in total. The molecule has 1 unspecified atom stereocenters. The zero-order valence-corrected chi connectivity index (χ0v) is 14.3. The van der Waals surface area contributed by atoms with Crippen molar-refractivity contribution in [2.75, 3.05) is 18.9 Å². The second kappa shape index (κ2) is 10.2. The summed E-state index contributed by atoms with van der Waals surface area (Å²) in [5.41, 5.74) is 0.979. The van der Waals surface area contributed by atoms with Gasteiger partial charge < -0.3 is 20.9 Å². The van der Waals surface area contributed by atoms with E-state index < -0.39 is 0 Å². The molecule has 1 heterocycles. The van der Waals surface area contributed by atoms with E-state index in [1.807, 2.05) is 6.07 Å². The molecule has 0 saturated carbocycles. The highest BCUT2D eigenvalue weighted by atomic mass is 35.5. The first-order valence-electron chi connectivity index (χ1n) is 7.25. The maximum absolute atomic E-state index is 12.4. The van der Waals surface area contributed by atoms with Crippen LogP contribution in [0.2, 0.25) is 0 Å². The fraction of sp³-hybridized carbons (Fsp3) is 0.250. The first-order valence-corrected chi connectivity index (χ1v) is 7.63. The number of amides is 1. The van der Waals surface area contributed by atoms with Gasteiger partial charge in [0.2, 0.25) is 5.91 Å². The number of hydrogen-bond acceptors (Lipinski definition) is 6. The average molecular weight is 349 g/mol. The second-order valence-electron chi connectivity index (χ2n) is 4.96. The van der Waals surface area contributed by atoms with E-state index in [0.29, 0.717) is 6.54 Å².